The first kappa shape index (κ1) is 14.1. The molecule has 0 aliphatic carbocycles. The summed E-state index contributed by atoms with van der Waals surface area (Å²) in [6.07, 6.45) is 0.714. The van der Waals surface area contributed by atoms with Crippen LogP contribution in [0.15, 0.2) is 40.9 Å². The molecule has 0 fully saturated rings. The smallest absolute Gasteiger partial charge is 0.153 e. The van der Waals surface area contributed by atoms with Crippen LogP contribution in [0.5, 0.6) is 17.2 Å². The predicted octanol–water partition coefficient (Wildman–Crippen LogP) is 3.93. The third kappa shape index (κ3) is 3.16. The molecule has 4 nitrogen and oxygen atoms in total. The van der Waals surface area contributed by atoms with Gasteiger partial charge < -0.3 is 9.47 Å². The third-order valence-corrected chi connectivity index (χ3v) is 3.06. The Kier molecular flexibility index (Phi) is 4.38. The van der Waals surface area contributed by atoms with Crippen LogP contribution < -0.4 is 9.47 Å². The highest BCUT2D eigenvalue weighted by Gasteiger charge is 2.08. The van der Waals surface area contributed by atoms with Crippen molar-refractivity contribution in [3.8, 4) is 23.3 Å². The summed E-state index contributed by atoms with van der Waals surface area (Å²) in [5.41, 5.74) is 0.838. The zero-order valence-corrected chi connectivity index (χ0v) is 12.2. The van der Waals surface area contributed by atoms with Crippen molar-refractivity contribution in [2.75, 3.05) is 7.11 Å². The number of aldehydes is 1. The van der Waals surface area contributed by atoms with Crippen molar-refractivity contribution in [2.24, 2.45) is 0 Å². The van der Waals surface area contributed by atoms with Crippen LogP contribution in [0.4, 0.5) is 0 Å². The second kappa shape index (κ2) is 6.22. The van der Waals surface area contributed by atoms with Crippen molar-refractivity contribution in [3.05, 3.63) is 52.0 Å². The monoisotopic (exact) mass is 331 g/mol. The lowest BCUT2D eigenvalue weighted by Crippen LogP contribution is -1.92. The second-order valence-electron chi connectivity index (χ2n) is 3.91. The van der Waals surface area contributed by atoms with Crippen LogP contribution in [0.2, 0.25) is 0 Å². The van der Waals surface area contributed by atoms with E-state index < -0.39 is 0 Å². The topological polar surface area (TPSA) is 59.3 Å². The summed E-state index contributed by atoms with van der Waals surface area (Å²) in [6.45, 7) is 0. The van der Waals surface area contributed by atoms with Crippen LogP contribution in [0.25, 0.3) is 0 Å². The molecule has 0 saturated carbocycles. The highest BCUT2D eigenvalue weighted by molar-refractivity contribution is 9.10. The maximum Gasteiger partial charge on any atom is 0.153 e. The lowest BCUT2D eigenvalue weighted by molar-refractivity contribution is 0.112. The van der Waals surface area contributed by atoms with Crippen LogP contribution in [-0.4, -0.2) is 13.4 Å². The standard InChI is InChI=1S/C15H10BrNO3/c1-19-13-4-10(8-17)5-14(7-13)20-15-3-2-12(16)6-11(15)9-18/h2-7,9H,1H3. The van der Waals surface area contributed by atoms with E-state index in [9.17, 15) is 4.79 Å². The molecule has 100 valence electrons. The lowest BCUT2D eigenvalue weighted by atomic mass is 10.2. The summed E-state index contributed by atoms with van der Waals surface area (Å²) in [5, 5.41) is 8.96. The molecule has 0 heterocycles. The summed E-state index contributed by atoms with van der Waals surface area (Å²) >= 11 is 3.29. The van der Waals surface area contributed by atoms with E-state index in [0.717, 1.165) is 4.47 Å². The Morgan fingerprint density at radius 2 is 1.95 bits per heavy atom. The Labute approximate surface area is 124 Å². The summed E-state index contributed by atoms with van der Waals surface area (Å²) in [7, 11) is 1.51. The fourth-order valence-electron chi connectivity index (χ4n) is 1.64. The van der Waals surface area contributed by atoms with E-state index in [1.807, 2.05) is 6.07 Å². The molecule has 0 aromatic heterocycles. The number of carbonyl (C=O) groups is 1. The van der Waals surface area contributed by atoms with Crippen molar-refractivity contribution in [1.82, 2.24) is 0 Å². The molecule has 0 aliphatic rings. The molecule has 0 amide bonds. The van der Waals surface area contributed by atoms with Gasteiger partial charge in [-0.2, -0.15) is 5.26 Å². The molecule has 0 N–H and O–H groups in total. The first-order valence-corrected chi connectivity index (χ1v) is 6.47. The maximum atomic E-state index is 11.0. The number of halogens is 1. The minimum atomic E-state index is 0.417. The van der Waals surface area contributed by atoms with Crippen molar-refractivity contribution in [3.63, 3.8) is 0 Å². The highest BCUT2D eigenvalue weighted by atomic mass is 79.9. The molecule has 0 unspecified atom stereocenters. The molecule has 2 rings (SSSR count). The number of carbonyl (C=O) groups excluding carboxylic acids is 1. The Hall–Kier alpha value is -2.32. The largest absolute Gasteiger partial charge is 0.497 e. The number of hydrogen-bond donors (Lipinski definition) is 0. The Bertz CT molecular complexity index is 692. The lowest BCUT2D eigenvalue weighted by Gasteiger charge is -2.10. The Morgan fingerprint density at radius 1 is 1.20 bits per heavy atom. The molecule has 5 heteroatoms. The summed E-state index contributed by atoms with van der Waals surface area (Å²) in [5.74, 6) is 1.37. The fraction of sp³-hybridized carbons (Fsp3) is 0.0667. The zero-order chi connectivity index (χ0) is 14.5. The van der Waals surface area contributed by atoms with E-state index in [2.05, 4.69) is 15.9 Å². The van der Waals surface area contributed by atoms with Crippen molar-refractivity contribution < 1.29 is 14.3 Å². The molecule has 20 heavy (non-hydrogen) atoms. The van der Waals surface area contributed by atoms with Gasteiger partial charge in [-0.1, -0.05) is 15.9 Å². The quantitative estimate of drug-likeness (QED) is 0.796. The normalized spacial score (nSPS) is 9.65. The average molecular weight is 332 g/mol. The summed E-state index contributed by atoms with van der Waals surface area (Å²) in [6, 6.07) is 12.0. The van der Waals surface area contributed by atoms with E-state index in [1.165, 1.54) is 7.11 Å². The van der Waals surface area contributed by atoms with Gasteiger partial charge in [-0.3, -0.25) is 4.79 Å². The van der Waals surface area contributed by atoms with Gasteiger partial charge in [-0.15, -0.1) is 0 Å². The molecule has 0 atom stereocenters. The van der Waals surface area contributed by atoms with Gasteiger partial charge in [0, 0.05) is 10.5 Å². The van der Waals surface area contributed by atoms with E-state index in [-0.39, 0.29) is 0 Å². The first-order valence-electron chi connectivity index (χ1n) is 5.68. The number of nitriles is 1. The SMILES string of the molecule is COc1cc(C#N)cc(Oc2ccc(Br)cc2C=O)c1. The van der Waals surface area contributed by atoms with E-state index in [1.54, 1.807) is 36.4 Å². The average Bonchev–Trinajstić information content (AvgIpc) is 2.48. The molecule has 0 spiro atoms. The van der Waals surface area contributed by atoms with Gasteiger partial charge in [0.05, 0.1) is 24.3 Å². The number of methoxy groups -OCH3 is 1. The molecule has 0 saturated heterocycles. The summed E-state index contributed by atoms with van der Waals surface area (Å²) in [4.78, 5) is 11.0. The van der Waals surface area contributed by atoms with Crippen LogP contribution in [0.1, 0.15) is 15.9 Å². The third-order valence-electron chi connectivity index (χ3n) is 2.57. The van der Waals surface area contributed by atoms with Crippen LogP contribution in [0.3, 0.4) is 0 Å². The zero-order valence-electron chi connectivity index (χ0n) is 10.6. The molecule has 2 aromatic rings. The number of benzene rings is 2. The second-order valence-corrected chi connectivity index (χ2v) is 4.83. The van der Waals surface area contributed by atoms with Gasteiger partial charge in [-0.25, -0.2) is 0 Å². The molecular formula is C15H10BrNO3. The van der Waals surface area contributed by atoms with Crippen molar-refractivity contribution >= 4 is 22.2 Å². The minimum Gasteiger partial charge on any atom is -0.497 e. The van der Waals surface area contributed by atoms with E-state index >= 15 is 0 Å². The number of hydrogen-bond acceptors (Lipinski definition) is 4. The molecular weight excluding hydrogens is 322 g/mol. The molecule has 0 bridgehead atoms. The Morgan fingerprint density at radius 3 is 2.60 bits per heavy atom. The van der Waals surface area contributed by atoms with Crippen molar-refractivity contribution in [2.45, 2.75) is 0 Å². The number of nitrogens with zero attached hydrogens (tertiary/aromatic N) is 1. The minimum absolute atomic E-state index is 0.417. The molecule has 0 aliphatic heterocycles. The van der Waals surface area contributed by atoms with Crippen LogP contribution in [-0.2, 0) is 0 Å². The highest BCUT2D eigenvalue weighted by Crippen LogP contribution is 2.30. The van der Waals surface area contributed by atoms with Gasteiger partial charge in [0.15, 0.2) is 6.29 Å². The van der Waals surface area contributed by atoms with E-state index in [4.69, 9.17) is 14.7 Å². The summed E-state index contributed by atoms with van der Waals surface area (Å²) < 4.78 is 11.5. The number of rotatable bonds is 4. The van der Waals surface area contributed by atoms with Gasteiger partial charge in [0.1, 0.15) is 17.2 Å². The van der Waals surface area contributed by atoms with Gasteiger partial charge in [0.25, 0.3) is 0 Å². The Balaban J connectivity index is 2.39. The predicted molar refractivity (Wildman–Crippen MR) is 77.3 cm³/mol. The van der Waals surface area contributed by atoms with Crippen LogP contribution in [0, 0.1) is 11.3 Å². The fourth-order valence-corrected chi connectivity index (χ4v) is 2.02. The van der Waals surface area contributed by atoms with Gasteiger partial charge in [-0.05, 0) is 30.3 Å². The van der Waals surface area contributed by atoms with Gasteiger partial charge in [0.2, 0.25) is 0 Å². The molecule has 0 radical (unpaired) electrons. The maximum absolute atomic E-state index is 11.0. The van der Waals surface area contributed by atoms with Crippen LogP contribution >= 0.6 is 15.9 Å². The van der Waals surface area contributed by atoms with Gasteiger partial charge >= 0.3 is 0 Å². The first-order chi connectivity index (χ1) is 9.66. The van der Waals surface area contributed by atoms with E-state index in [0.29, 0.717) is 34.7 Å². The van der Waals surface area contributed by atoms with Crippen molar-refractivity contribution in [1.29, 1.82) is 5.26 Å². The molecule has 2 aromatic carbocycles. The number of ether oxygens (including phenoxy) is 2.